The van der Waals surface area contributed by atoms with Gasteiger partial charge in [-0.2, -0.15) is 4.31 Å². The Bertz CT molecular complexity index is 1270. The number of nitrogens with one attached hydrogen (secondary N) is 1. The number of carbonyl (C=O) groups excluding carboxylic acids is 1. The Morgan fingerprint density at radius 1 is 1.12 bits per heavy atom. The monoisotopic (exact) mass is 485 g/mol. The molecule has 2 aliphatic heterocycles. The highest BCUT2D eigenvalue weighted by Gasteiger charge is 2.31. The molecule has 5 rings (SSSR count). The second kappa shape index (κ2) is 8.62. The molecule has 1 amide bonds. The Labute approximate surface area is 196 Å². The third kappa shape index (κ3) is 3.98. The van der Waals surface area contributed by atoms with Crippen molar-refractivity contribution in [2.24, 2.45) is 0 Å². The SMILES string of the molecule is C[C@@H]1CCCCN1S(=O)(=O)c1ccc(C(=O)Nc2nc3c(s2)CSc2ccccc2-3)cc1. The van der Waals surface area contributed by atoms with Crippen molar-refractivity contribution in [3.05, 3.63) is 59.0 Å². The van der Waals surface area contributed by atoms with E-state index in [-0.39, 0.29) is 16.8 Å². The molecule has 32 heavy (non-hydrogen) atoms. The van der Waals surface area contributed by atoms with Crippen molar-refractivity contribution in [1.82, 2.24) is 9.29 Å². The summed E-state index contributed by atoms with van der Waals surface area (Å²) in [5.74, 6) is 0.536. The van der Waals surface area contributed by atoms with Crippen molar-refractivity contribution in [2.75, 3.05) is 11.9 Å². The fraction of sp³-hybridized carbons (Fsp3) is 0.304. The van der Waals surface area contributed by atoms with Crippen molar-refractivity contribution < 1.29 is 13.2 Å². The molecule has 0 aliphatic carbocycles. The lowest BCUT2D eigenvalue weighted by molar-refractivity contribution is 0.102. The number of thiazole rings is 1. The summed E-state index contributed by atoms with van der Waals surface area (Å²) in [7, 11) is -3.55. The van der Waals surface area contributed by atoms with Crippen LogP contribution in [0.15, 0.2) is 58.3 Å². The molecular weight excluding hydrogens is 462 g/mol. The fourth-order valence-electron chi connectivity index (χ4n) is 4.16. The summed E-state index contributed by atoms with van der Waals surface area (Å²) in [6.45, 7) is 2.49. The van der Waals surface area contributed by atoms with Crippen molar-refractivity contribution in [3.63, 3.8) is 0 Å². The predicted molar refractivity (Wildman–Crippen MR) is 129 cm³/mol. The zero-order valence-corrected chi connectivity index (χ0v) is 20.0. The third-order valence-corrected chi connectivity index (χ3v) is 10.2. The zero-order chi connectivity index (χ0) is 22.3. The third-order valence-electron chi connectivity index (χ3n) is 5.88. The van der Waals surface area contributed by atoms with Crippen LogP contribution in [0, 0.1) is 0 Å². The van der Waals surface area contributed by atoms with Gasteiger partial charge in [-0.3, -0.25) is 10.1 Å². The smallest absolute Gasteiger partial charge is 0.257 e. The van der Waals surface area contributed by atoms with Crippen LogP contribution in [0.3, 0.4) is 0 Å². The van der Waals surface area contributed by atoms with Gasteiger partial charge in [-0.05, 0) is 50.1 Å². The van der Waals surface area contributed by atoms with E-state index in [2.05, 4.69) is 16.4 Å². The number of aromatic nitrogens is 1. The minimum Gasteiger partial charge on any atom is -0.298 e. The average molecular weight is 486 g/mol. The molecule has 3 heterocycles. The number of piperidine rings is 1. The lowest BCUT2D eigenvalue weighted by Gasteiger charge is -2.32. The number of hydrogen-bond donors (Lipinski definition) is 1. The van der Waals surface area contributed by atoms with E-state index < -0.39 is 10.0 Å². The van der Waals surface area contributed by atoms with E-state index in [1.165, 1.54) is 28.4 Å². The number of sulfonamides is 1. The summed E-state index contributed by atoms with van der Waals surface area (Å²) in [4.78, 5) is 20.0. The quantitative estimate of drug-likeness (QED) is 0.547. The molecule has 1 fully saturated rings. The maximum atomic E-state index is 13.0. The number of hydrogen-bond acceptors (Lipinski definition) is 6. The first-order valence-electron chi connectivity index (χ1n) is 10.6. The number of rotatable bonds is 4. The molecule has 0 unspecified atom stereocenters. The van der Waals surface area contributed by atoms with Crippen molar-refractivity contribution in [2.45, 2.75) is 47.8 Å². The molecule has 3 aromatic rings. The van der Waals surface area contributed by atoms with Gasteiger partial charge in [-0.25, -0.2) is 13.4 Å². The molecule has 2 aromatic carbocycles. The maximum Gasteiger partial charge on any atom is 0.257 e. The lowest BCUT2D eigenvalue weighted by Crippen LogP contribution is -2.41. The summed E-state index contributed by atoms with van der Waals surface area (Å²) < 4.78 is 27.6. The van der Waals surface area contributed by atoms with E-state index in [0.29, 0.717) is 17.2 Å². The highest BCUT2D eigenvalue weighted by Crippen LogP contribution is 2.44. The van der Waals surface area contributed by atoms with Crippen LogP contribution in [0.5, 0.6) is 0 Å². The lowest BCUT2D eigenvalue weighted by atomic mass is 10.1. The van der Waals surface area contributed by atoms with Gasteiger partial charge in [0.05, 0.1) is 10.6 Å². The van der Waals surface area contributed by atoms with Gasteiger partial charge in [0.2, 0.25) is 10.0 Å². The summed E-state index contributed by atoms with van der Waals surface area (Å²) >= 11 is 3.25. The Morgan fingerprint density at radius 3 is 2.69 bits per heavy atom. The van der Waals surface area contributed by atoms with Gasteiger partial charge in [0.15, 0.2) is 5.13 Å². The summed E-state index contributed by atoms with van der Waals surface area (Å²) in [6, 6.07) is 14.3. The van der Waals surface area contributed by atoms with Crippen LogP contribution < -0.4 is 5.32 Å². The molecule has 0 bridgehead atoms. The van der Waals surface area contributed by atoms with Crippen LogP contribution in [-0.4, -0.2) is 36.2 Å². The molecule has 1 N–H and O–H groups in total. The van der Waals surface area contributed by atoms with Gasteiger partial charge >= 0.3 is 0 Å². The van der Waals surface area contributed by atoms with Crippen LogP contribution in [0.4, 0.5) is 5.13 Å². The van der Waals surface area contributed by atoms with Crippen LogP contribution in [0.1, 0.15) is 41.4 Å². The average Bonchev–Trinajstić information content (AvgIpc) is 3.22. The molecule has 1 aromatic heterocycles. The highest BCUT2D eigenvalue weighted by molar-refractivity contribution is 7.98. The molecular formula is C23H23N3O3S3. The van der Waals surface area contributed by atoms with E-state index in [0.717, 1.165) is 41.1 Å². The van der Waals surface area contributed by atoms with Crippen molar-refractivity contribution in [1.29, 1.82) is 0 Å². The number of amides is 1. The van der Waals surface area contributed by atoms with Crippen molar-refractivity contribution >= 4 is 44.2 Å². The van der Waals surface area contributed by atoms with Gasteiger partial charge in [0.1, 0.15) is 0 Å². The number of anilines is 1. The molecule has 0 radical (unpaired) electrons. The second-order valence-corrected chi connectivity index (χ2v) is 12.0. The predicted octanol–water partition coefficient (Wildman–Crippen LogP) is 5.23. The first-order valence-corrected chi connectivity index (χ1v) is 13.8. The molecule has 0 spiro atoms. The molecule has 6 nitrogen and oxygen atoms in total. The summed E-state index contributed by atoms with van der Waals surface area (Å²) in [5.41, 5.74) is 2.42. The van der Waals surface area contributed by atoms with E-state index >= 15 is 0 Å². The van der Waals surface area contributed by atoms with Gasteiger partial charge < -0.3 is 0 Å². The molecule has 9 heteroatoms. The normalized spacial score (nSPS) is 18.6. The molecule has 2 aliphatic rings. The standard InChI is InChI=1S/C23H23N3O3S3/c1-15-6-4-5-13-26(15)32(28,29)17-11-9-16(10-12-17)22(27)25-23-24-21-18-7-2-3-8-19(18)30-14-20(21)31-23/h2-3,7-12,15H,4-6,13-14H2,1H3,(H,24,25,27)/t15-/m1/s1. The molecule has 0 saturated carbocycles. The first kappa shape index (κ1) is 21.6. The number of thioether (sulfide) groups is 1. The van der Waals surface area contributed by atoms with E-state index in [1.54, 1.807) is 28.2 Å². The van der Waals surface area contributed by atoms with E-state index in [9.17, 15) is 13.2 Å². The van der Waals surface area contributed by atoms with Gasteiger partial charge in [0.25, 0.3) is 5.91 Å². The van der Waals surface area contributed by atoms with Crippen LogP contribution >= 0.6 is 23.1 Å². The highest BCUT2D eigenvalue weighted by atomic mass is 32.2. The fourth-order valence-corrected chi connectivity index (χ4v) is 7.95. The minimum absolute atomic E-state index is 0.00375. The molecule has 1 atom stereocenters. The Morgan fingerprint density at radius 2 is 1.91 bits per heavy atom. The molecule has 1 saturated heterocycles. The van der Waals surface area contributed by atoms with E-state index in [1.807, 2.05) is 25.1 Å². The number of carbonyl (C=O) groups is 1. The van der Waals surface area contributed by atoms with Crippen LogP contribution in [0.2, 0.25) is 0 Å². The topological polar surface area (TPSA) is 79.4 Å². The minimum atomic E-state index is -3.55. The van der Waals surface area contributed by atoms with Gasteiger partial charge in [0, 0.05) is 39.2 Å². The Kier molecular flexibility index (Phi) is 5.83. The number of nitrogens with zero attached hydrogens (tertiary/aromatic N) is 2. The largest absolute Gasteiger partial charge is 0.298 e. The van der Waals surface area contributed by atoms with Crippen LogP contribution in [0.25, 0.3) is 11.3 Å². The Hall–Kier alpha value is -2.20. The number of benzene rings is 2. The second-order valence-electron chi connectivity index (χ2n) is 8.01. The number of fused-ring (bicyclic) bond motifs is 3. The molecule has 166 valence electrons. The first-order chi connectivity index (χ1) is 15.4. The van der Waals surface area contributed by atoms with Crippen molar-refractivity contribution in [3.8, 4) is 11.3 Å². The van der Waals surface area contributed by atoms with Gasteiger partial charge in [-0.1, -0.05) is 24.6 Å². The van der Waals surface area contributed by atoms with Crippen LogP contribution in [-0.2, 0) is 15.8 Å². The summed E-state index contributed by atoms with van der Waals surface area (Å²) in [6.07, 6.45) is 2.81. The van der Waals surface area contributed by atoms with Gasteiger partial charge in [-0.15, -0.1) is 23.1 Å². The maximum absolute atomic E-state index is 13.0. The Balaban J connectivity index is 1.33. The van der Waals surface area contributed by atoms with E-state index in [4.69, 9.17) is 0 Å². The zero-order valence-electron chi connectivity index (χ0n) is 17.6. The summed E-state index contributed by atoms with van der Waals surface area (Å²) in [5, 5.41) is 3.43.